The molecule has 0 N–H and O–H groups in total. The number of nitrogens with zero attached hydrogens (tertiary/aromatic N) is 1. The highest BCUT2D eigenvalue weighted by atomic mass is 16.5. The van der Waals surface area contributed by atoms with Crippen LogP contribution in [0.4, 0.5) is 0 Å². The van der Waals surface area contributed by atoms with E-state index in [4.69, 9.17) is 4.74 Å². The van der Waals surface area contributed by atoms with Gasteiger partial charge in [0.25, 0.3) is 0 Å². The average Bonchev–Trinajstić information content (AvgIpc) is 2.48. The third-order valence-corrected chi connectivity index (χ3v) is 5.17. The lowest BCUT2D eigenvalue weighted by molar-refractivity contribution is 0.0363. The number of hydrogen-bond acceptors (Lipinski definition) is 2. The Morgan fingerprint density at radius 2 is 1.95 bits per heavy atom. The topological polar surface area (TPSA) is 12.5 Å². The zero-order valence-electron chi connectivity index (χ0n) is 12.1. The molecule has 1 aromatic rings. The van der Waals surface area contributed by atoms with Gasteiger partial charge in [0.2, 0.25) is 0 Å². The van der Waals surface area contributed by atoms with Gasteiger partial charge in [-0.1, -0.05) is 25.0 Å². The van der Waals surface area contributed by atoms with Crippen LogP contribution in [0.2, 0.25) is 0 Å². The molecule has 3 rings (SSSR count). The van der Waals surface area contributed by atoms with Crippen LogP contribution in [0.5, 0.6) is 5.75 Å². The van der Waals surface area contributed by atoms with Crippen LogP contribution in [0.3, 0.4) is 0 Å². The summed E-state index contributed by atoms with van der Waals surface area (Å²) in [6, 6.07) is 10.0. The standard InChI is InChI=1S/C17H25NO/c1-18-16-9-4-3-6-13(16)10-11-17(18)14-7-5-8-15(12-14)19-2/h5,7-8,12-13,16-17H,3-4,6,9-11H2,1-2H3/t13-,16+,17+/m0/s1. The van der Waals surface area contributed by atoms with Crippen LogP contribution in [0.1, 0.15) is 50.1 Å². The summed E-state index contributed by atoms with van der Waals surface area (Å²) in [5.74, 6) is 1.93. The number of ether oxygens (including phenoxy) is 1. The largest absolute Gasteiger partial charge is 0.497 e. The first kappa shape index (κ1) is 13.0. The third kappa shape index (κ3) is 2.51. The van der Waals surface area contributed by atoms with Crippen molar-refractivity contribution in [1.82, 2.24) is 4.90 Å². The minimum absolute atomic E-state index is 0.578. The molecule has 0 bridgehead atoms. The van der Waals surface area contributed by atoms with E-state index in [-0.39, 0.29) is 0 Å². The number of hydrogen-bond donors (Lipinski definition) is 0. The highest BCUT2D eigenvalue weighted by Gasteiger charge is 2.36. The van der Waals surface area contributed by atoms with Crippen LogP contribution in [0.25, 0.3) is 0 Å². The summed E-state index contributed by atoms with van der Waals surface area (Å²) < 4.78 is 5.37. The molecule has 2 fully saturated rings. The van der Waals surface area contributed by atoms with E-state index in [2.05, 4.69) is 30.1 Å². The molecular formula is C17H25NO. The molecule has 1 aliphatic carbocycles. The molecule has 1 aromatic carbocycles. The first-order valence-electron chi connectivity index (χ1n) is 7.65. The molecule has 2 nitrogen and oxygen atoms in total. The van der Waals surface area contributed by atoms with E-state index in [0.717, 1.165) is 17.7 Å². The third-order valence-electron chi connectivity index (χ3n) is 5.17. The molecule has 1 aliphatic heterocycles. The van der Waals surface area contributed by atoms with Gasteiger partial charge in [0.1, 0.15) is 5.75 Å². The predicted octanol–water partition coefficient (Wildman–Crippen LogP) is 4.02. The number of benzene rings is 1. The fourth-order valence-electron chi connectivity index (χ4n) is 4.12. The molecule has 1 heterocycles. The fraction of sp³-hybridized carbons (Fsp3) is 0.647. The second-order valence-corrected chi connectivity index (χ2v) is 6.15. The molecule has 2 aliphatic rings. The van der Waals surface area contributed by atoms with E-state index in [0.29, 0.717) is 6.04 Å². The lowest BCUT2D eigenvalue weighted by Crippen LogP contribution is -2.46. The SMILES string of the molecule is COc1cccc([C@H]2CC[C@@H]3CCCC[C@H]3N2C)c1. The molecule has 0 amide bonds. The van der Waals surface area contributed by atoms with Crippen LogP contribution in [0, 0.1) is 5.92 Å². The van der Waals surface area contributed by atoms with Gasteiger partial charge in [0.15, 0.2) is 0 Å². The van der Waals surface area contributed by atoms with Crippen molar-refractivity contribution in [2.24, 2.45) is 5.92 Å². The monoisotopic (exact) mass is 259 g/mol. The second kappa shape index (κ2) is 5.54. The highest BCUT2D eigenvalue weighted by molar-refractivity contribution is 5.31. The van der Waals surface area contributed by atoms with Gasteiger partial charge in [-0.15, -0.1) is 0 Å². The van der Waals surface area contributed by atoms with E-state index >= 15 is 0 Å². The molecule has 104 valence electrons. The van der Waals surface area contributed by atoms with Crippen LogP contribution in [0.15, 0.2) is 24.3 Å². The van der Waals surface area contributed by atoms with Crippen molar-refractivity contribution in [3.63, 3.8) is 0 Å². The van der Waals surface area contributed by atoms with E-state index < -0.39 is 0 Å². The minimum Gasteiger partial charge on any atom is -0.497 e. The van der Waals surface area contributed by atoms with Crippen molar-refractivity contribution < 1.29 is 4.74 Å². The summed E-state index contributed by atoms with van der Waals surface area (Å²) >= 11 is 0. The molecular weight excluding hydrogens is 234 g/mol. The minimum atomic E-state index is 0.578. The van der Waals surface area contributed by atoms with Crippen LogP contribution < -0.4 is 4.74 Å². The Bertz CT molecular complexity index is 431. The molecule has 0 spiro atoms. The fourth-order valence-corrected chi connectivity index (χ4v) is 4.12. The van der Waals surface area contributed by atoms with Crippen molar-refractivity contribution >= 4 is 0 Å². The summed E-state index contributed by atoms with van der Waals surface area (Å²) in [6.45, 7) is 0. The molecule has 2 heteroatoms. The number of methoxy groups -OCH3 is 1. The van der Waals surface area contributed by atoms with Gasteiger partial charge >= 0.3 is 0 Å². The Morgan fingerprint density at radius 1 is 1.11 bits per heavy atom. The maximum absolute atomic E-state index is 5.37. The lowest BCUT2D eigenvalue weighted by atomic mass is 9.75. The second-order valence-electron chi connectivity index (χ2n) is 6.15. The van der Waals surface area contributed by atoms with Gasteiger partial charge in [-0.25, -0.2) is 0 Å². The normalized spacial score (nSPS) is 31.8. The maximum atomic E-state index is 5.37. The molecule has 0 radical (unpaired) electrons. The Morgan fingerprint density at radius 3 is 2.79 bits per heavy atom. The van der Waals surface area contributed by atoms with Gasteiger partial charge in [-0.2, -0.15) is 0 Å². The molecule has 1 saturated carbocycles. The van der Waals surface area contributed by atoms with Gasteiger partial charge in [0, 0.05) is 12.1 Å². The van der Waals surface area contributed by atoms with E-state index in [1.807, 2.05) is 6.07 Å². The van der Waals surface area contributed by atoms with Crippen LogP contribution in [-0.4, -0.2) is 25.1 Å². The highest BCUT2D eigenvalue weighted by Crippen LogP contribution is 2.42. The first-order chi connectivity index (χ1) is 9.29. The number of rotatable bonds is 2. The Labute approximate surface area is 116 Å². The predicted molar refractivity (Wildman–Crippen MR) is 78.5 cm³/mol. The van der Waals surface area contributed by atoms with Crippen molar-refractivity contribution in [1.29, 1.82) is 0 Å². The first-order valence-corrected chi connectivity index (χ1v) is 7.65. The van der Waals surface area contributed by atoms with Crippen molar-refractivity contribution in [3.8, 4) is 5.75 Å². The van der Waals surface area contributed by atoms with Crippen molar-refractivity contribution in [2.75, 3.05) is 14.2 Å². The summed E-state index contributed by atoms with van der Waals surface area (Å²) in [4.78, 5) is 2.64. The zero-order chi connectivity index (χ0) is 13.2. The summed E-state index contributed by atoms with van der Waals surface area (Å²) in [5, 5.41) is 0. The van der Waals surface area contributed by atoms with Crippen molar-refractivity contribution in [2.45, 2.75) is 50.6 Å². The average molecular weight is 259 g/mol. The van der Waals surface area contributed by atoms with Crippen LogP contribution >= 0.6 is 0 Å². The van der Waals surface area contributed by atoms with E-state index in [9.17, 15) is 0 Å². The number of fused-ring (bicyclic) bond motifs is 1. The van der Waals surface area contributed by atoms with E-state index in [1.165, 1.54) is 44.1 Å². The Kier molecular flexibility index (Phi) is 3.79. The molecule has 0 unspecified atom stereocenters. The summed E-state index contributed by atoms with van der Waals surface area (Å²) in [5.41, 5.74) is 1.42. The smallest absolute Gasteiger partial charge is 0.119 e. The molecule has 3 atom stereocenters. The lowest BCUT2D eigenvalue weighted by Gasteiger charge is -2.47. The van der Waals surface area contributed by atoms with E-state index in [1.54, 1.807) is 7.11 Å². The Balaban J connectivity index is 1.80. The van der Waals surface area contributed by atoms with Crippen molar-refractivity contribution in [3.05, 3.63) is 29.8 Å². The molecule has 19 heavy (non-hydrogen) atoms. The summed E-state index contributed by atoms with van der Waals surface area (Å²) in [6.07, 6.45) is 8.39. The molecule has 0 aromatic heterocycles. The van der Waals surface area contributed by atoms with Gasteiger partial charge in [0.05, 0.1) is 7.11 Å². The molecule has 1 saturated heterocycles. The van der Waals surface area contributed by atoms with Gasteiger partial charge in [-0.05, 0) is 56.3 Å². The maximum Gasteiger partial charge on any atom is 0.119 e. The number of likely N-dealkylation sites (tertiary alicyclic amines) is 1. The quantitative estimate of drug-likeness (QED) is 0.795. The summed E-state index contributed by atoms with van der Waals surface area (Å²) in [7, 11) is 4.08. The van der Waals surface area contributed by atoms with Gasteiger partial charge in [-0.3, -0.25) is 4.90 Å². The van der Waals surface area contributed by atoms with Crippen LogP contribution in [-0.2, 0) is 0 Å². The van der Waals surface area contributed by atoms with Gasteiger partial charge < -0.3 is 4.74 Å². The Hall–Kier alpha value is -1.02. The zero-order valence-corrected chi connectivity index (χ0v) is 12.1. The number of piperidine rings is 1.